The molecule has 3 rings (SSSR count). The Morgan fingerprint density at radius 2 is 1.68 bits per heavy atom. The second kappa shape index (κ2) is 8.31. The highest BCUT2D eigenvalue weighted by Crippen LogP contribution is 2.36. The molecule has 0 fully saturated rings. The maximum atomic E-state index is 9.61. The van der Waals surface area contributed by atoms with E-state index < -0.39 is 0 Å². The van der Waals surface area contributed by atoms with Crippen LogP contribution >= 0.6 is 0 Å². The molecular formula is C22H21N3O3. The molecule has 142 valence electrons. The number of anilines is 1. The maximum absolute atomic E-state index is 9.61. The van der Waals surface area contributed by atoms with E-state index in [1.54, 1.807) is 14.2 Å². The molecule has 0 aliphatic rings. The Balaban J connectivity index is 2.14. The third-order valence-electron chi connectivity index (χ3n) is 4.32. The van der Waals surface area contributed by atoms with E-state index in [0.717, 1.165) is 16.9 Å². The van der Waals surface area contributed by atoms with Gasteiger partial charge < -0.3 is 19.9 Å². The first-order valence-corrected chi connectivity index (χ1v) is 8.77. The highest BCUT2D eigenvalue weighted by molar-refractivity contribution is 5.81. The van der Waals surface area contributed by atoms with Gasteiger partial charge in [0.25, 0.3) is 0 Å². The fraction of sp³-hybridized carbons (Fsp3) is 0.182. The van der Waals surface area contributed by atoms with Gasteiger partial charge in [0, 0.05) is 11.1 Å². The number of rotatable bonds is 6. The Morgan fingerprint density at radius 1 is 0.964 bits per heavy atom. The van der Waals surface area contributed by atoms with E-state index in [2.05, 4.69) is 11.1 Å². The van der Waals surface area contributed by atoms with Crippen molar-refractivity contribution in [3.05, 3.63) is 54.1 Å². The molecule has 1 heterocycles. The number of benzene rings is 2. The molecule has 0 unspecified atom stereocenters. The molecule has 0 saturated carbocycles. The molecule has 1 aromatic heterocycles. The summed E-state index contributed by atoms with van der Waals surface area (Å²) in [5.74, 6) is 2.16. The van der Waals surface area contributed by atoms with Crippen LogP contribution in [0.25, 0.3) is 22.4 Å². The number of hydrogen-bond acceptors (Lipinski definition) is 6. The van der Waals surface area contributed by atoms with E-state index in [0.29, 0.717) is 34.9 Å². The molecule has 6 nitrogen and oxygen atoms in total. The van der Waals surface area contributed by atoms with E-state index >= 15 is 0 Å². The quantitative estimate of drug-likeness (QED) is 0.691. The van der Waals surface area contributed by atoms with Crippen molar-refractivity contribution < 1.29 is 14.2 Å². The Hall–Kier alpha value is -3.72. The molecule has 0 atom stereocenters. The summed E-state index contributed by atoms with van der Waals surface area (Å²) in [6.07, 6.45) is 0. The van der Waals surface area contributed by atoms with Gasteiger partial charge in [-0.3, -0.25) is 0 Å². The Kier molecular flexibility index (Phi) is 5.66. The average Bonchev–Trinajstić information content (AvgIpc) is 2.73. The minimum atomic E-state index is 0.179. The van der Waals surface area contributed by atoms with Crippen LogP contribution in [0.5, 0.6) is 17.2 Å². The van der Waals surface area contributed by atoms with Gasteiger partial charge in [-0.05, 0) is 55.0 Å². The van der Waals surface area contributed by atoms with Crippen LogP contribution in [0, 0.1) is 11.3 Å². The summed E-state index contributed by atoms with van der Waals surface area (Å²) in [6, 6.07) is 17.0. The van der Waals surface area contributed by atoms with Gasteiger partial charge >= 0.3 is 0 Å². The molecule has 2 aromatic carbocycles. The second-order valence-corrected chi connectivity index (χ2v) is 5.95. The number of nitrogens with zero attached hydrogens (tertiary/aromatic N) is 2. The summed E-state index contributed by atoms with van der Waals surface area (Å²) in [5.41, 5.74) is 9.43. The van der Waals surface area contributed by atoms with Crippen LogP contribution in [0.15, 0.2) is 48.5 Å². The van der Waals surface area contributed by atoms with E-state index in [4.69, 9.17) is 19.9 Å². The number of pyridine rings is 1. The summed E-state index contributed by atoms with van der Waals surface area (Å²) in [7, 11) is 3.20. The molecule has 0 aliphatic heterocycles. The van der Waals surface area contributed by atoms with E-state index in [1.165, 1.54) is 0 Å². The summed E-state index contributed by atoms with van der Waals surface area (Å²) in [6.45, 7) is 2.44. The lowest BCUT2D eigenvalue weighted by Crippen LogP contribution is -2.00. The lowest BCUT2D eigenvalue weighted by molar-refractivity contribution is 0.311. The largest absolute Gasteiger partial charge is 0.497 e. The molecule has 0 radical (unpaired) electrons. The van der Waals surface area contributed by atoms with Crippen LogP contribution in [-0.2, 0) is 0 Å². The number of ether oxygens (including phenoxy) is 3. The maximum Gasteiger partial charge on any atom is 0.161 e. The van der Waals surface area contributed by atoms with Crippen LogP contribution in [0.3, 0.4) is 0 Å². The first-order chi connectivity index (χ1) is 13.6. The average molecular weight is 375 g/mol. The van der Waals surface area contributed by atoms with Gasteiger partial charge in [0.2, 0.25) is 0 Å². The Morgan fingerprint density at radius 3 is 2.29 bits per heavy atom. The summed E-state index contributed by atoms with van der Waals surface area (Å²) < 4.78 is 16.2. The zero-order valence-corrected chi connectivity index (χ0v) is 16.0. The van der Waals surface area contributed by atoms with Gasteiger partial charge in [-0.2, -0.15) is 5.26 Å². The fourth-order valence-electron chi connectivity index (χ4n) is 2.93. The minimum absolute atomic E-state index is 0.179. The minimum Gasteiger partial charge on any atom is -0.497 e. The summed E-state index contributed by atoms with van der Waals surface area (Å²) in [4.78, 5) is 4.40. The second-order valence-electron chi connectivity index (χ2n) is 5.95. The van der Waals surface area contributed by atoms with Crippen molar-refractivity contribution in [3.63, 3.8) is 0 Å². The van der Waals surface area contributed by atoms with E-state index in [9.17, 15) is 5.26 Å². The van der Waals surface area contributed by atoms with Gasteiger partial charge in [0.05, 0.1) is 26.5 Å². The number of nitriles is 1. The zero-order chi connectivity index (χ0) is 20.1. The first-order valence-electron chi connectivity index (χ1n) is 8.77. The van der Waals surface area contributed by atoms with Crippen molar-refractivity contribution in [1.29, 1.82) is 5.26 Å². The molecule has 2 N–H and O–H groups in total. The predicted molar refractivity (Wildman–Crippen MR) is 109 cm³/mol. The highest BCUT2D eigenvalue weighted by Gasteiger charge is 2.15. The molecule has 0 bridgehead atoms. The number of methoxy groups -OCH3 is 2. The highest BCUT2D eigenvalue weighted by atomic mass is 16.5. The van der Waals surface area contributed by atoms with E-state index in [-0.39, 0.29) is 5.82 Å². The van der Waals surface area contributed by atoms with Crippen molar-refractivity contribution in [2.75, 3.05) is 26.6 Å². The SMILES string of the molecule is CCOc1ccc(-c2cc(-c3ccc(OC)cc3)nc(N)c2C#N)cc1OC. The van der Waals surface area contributed by atoms with Crippen molar-refractivity contribution in [2.24, 2.45) is 0 Å². The molecule has 0 saturated heterocycles. The Bertz CT molecular complexity index is 1020. The number of aromatic nitrogens is 1. The van der Waals surface area contributed by atoms with Crippen LogP contribution in [0.2, 0.25) is 0 Å². The van der Waals surface area contributed by atoms with E-state index in [1.807, 2.05) is 55.5 Å². The molecular weight excluding hydrogens is 354 g/mol. The zero-order valence-electron chi connectivity index (χ0n) is 16.0. The Labute approximate surface area is 164 Å². The van der Waals surface area contributed by atoms with Crippen molar-refractivity contribution >= 4 is 5.82 Å². The van der Waals surface area contributed by atoms with Crippen LogP contribution in [0.4, 0.5) is 5.82 Å². The van der Waals surface area contributed by atoms with Crippen LogP contribution in [0.1, 0.15) is 12.5 Å². The smallest absolute Gasteiger partial charge is 0.161 e. The fourth-order valence-corrected chi connectivity index (χ4v) is 2.93. The molecule has 3 aromatic rings. The normalized spacial score (nSPS) is 10.2. The standard InChI is InChI=1S/C22H21N3O3/c1-4-28-20-10-7-15(11-21(20)27-3)17-12-19(25-22(24)18(17)13-23)14-5-8-16(26-2)9-6-14/h5-12H,4H2,1-3H3,(H2,24,25). The molecule has 0 spiro atoms. The first kappa shape index (κ1) is 19.1. The number of hydrogen-bond donors (Lipinski definition) is 1. The van der Waals surface area contributed by atoms with Gasteiger partial charge in [0.15, 0.2) is 11.5 Å². The third-order valence-corrected chi connectivity index (χ3v) is 4.32. The van der Waals surface area contributed by atoms with Crippen LogP contribution < -0.4 is 19.9 Å². The predicted octanol–water partition coefficient (Wildman–Crippen LogP) is 4.29. The van der Waals surface area contributed by atoms with Crippen LogP contribution in [-0.4, -0.2) is 25.8 Å². The van der Waals surface area contributed by atoms with Crippen molar-refractivity contribution in [2.45, 2.75) is 6.92 Å². The number of nitrogen functional groups attached to an aromatic ring is 1. The summed E-state index contributed by atoms with van der Waals surface area (Å²) in [5, 5.41) is 9.61. The van der Waals surface area contributed by atoms with Gasteiger partial charge in [-0.25, -0.2) is 4.98 Å². The van der Waals surface area contributed by atoms with Gasteiger partial charge in [-0.1, -0.05) is 6.07 Å². The molecule has 6 heteroatoms. The molecule has 0 aliphatic carbocycles. The van der Waals surface area contributed by atoms with Crippen molar-refractivity contribution in [3.8, 4) is 45.7 Å². The monoisotopic (exact) mass is 375 g/mol. The lowest BCUT2D eigenvalue weighted by Gasteiger charge is -2.14. The van der Waals surface area contributed by atoms with Gasteiger partial charge in [0.1, 0.15) is 23.2 Å². The summed E-state index contributed by atoms with van der Waals surface area (Å²) >= 11 is 0. The molecule has 0 amide bonds. The lowest BCUT2D eigenvalue weighted by atomic mass is 9.98. The third kappa shape index (κ3) is 3.69. The topological polar surface area (TPSA) is 90.4 Å². The van der Waals surface area contributed by atoms with Crippen molar-refractivity contribution in [1.82, 2.24) is 4.98 Å². The van der Waals surface area contributed by atoms with Gasteiger partial charge in [-0.15, -0.1) is 0 Å². The molecule has 28 heavy (non-hydrogen) atoms. The number of nitrogens with two attached hydrogens (primary N) is 1.